The van der Waals surface area contributed by atoms with Crippen molar-refractivity contribution in [1.29, 1.82) is 0 Å². The second-order valence-electron chi connectivity index (χ2n) is 7.26. The van der Waals surface area contributed by atoms with E-state index in [1.807, 2.05) is 38.1 Å². The highest BCUT2D eigenvalue weighted by Gasteiger charge is 2.45. The highest BCUT2D eigenvalue weighted by Crippen LogP contribution is 2.41. The molecule has 1 aliphatic rings. The minimum Gasteiger partial charge on any atom is -0.368 e. The van der Waals surface area contributed by atoms with Crippen molar-refractivity contribution in [1.82, 2.24) is 9.29 Å². The lowest BCUT2D eigenvalue weighted by Gasteiger charge is -2.39. The molecule has 2 aromatic carbocycles. The quantitative estimate of drug-likeness (QED) is 0.708. The second kappa shape index (κ2) is 6.76. The zero-order valence-electron chi connectivity index (χ0n) is 15.8. The molecule has 4 rings (SSSR count). The minimum absolute atomic E-state index is 0.169. The molecule has 0 saturated heterocycles. The van der Waals surface area contributed by atoms with Gasteiger partial charge in [0.2, 0.25) is 15.9 Å². The molecule has 146 valence electrons. The molecule has 7 heteroatoms. The van der Waals surface area contributed by atoms with Crippen LogP contribution in [0.5, 0.6) is 0 Å². The zero-order valence-corrected chi connectivity index (χ0v) is 16.7. The predicted molar refractivity (Wildman–Crippen MR) is 108 cm³/mol. The molecular weight excluding hydrogens is 374 g/mol. The SMILES string of the molecule is CCC1c2[nH]c3ccccc3c2C[C@H](C(N)=O)N1S(=O)(=O)c1ccc(C)cc1. The first-order valence-corrected chi connectivity index (χ1v) is 10.8. The lowest BCUT2D eigenvalue weighted by atomic mass is 9.92. The summed E-state index contributed by atoms with van der Waals surface area (Å²) in [5, 5.41) is 1.01. The Labute approximate surface area is 164 Å². The van der Waals surface area contributed by atoms with E-state index >= 15 is 0 Å². The predicted octanol–water partition coefficient (Wildman–Crippen LogP) is 3.03. The number of hydrogen-bond acceptors (Lipinski definition) is 3. The molecular formula is C21H23N3O3S. The van der Waals surface area contributed by atoms with E-state index in [-0.39, 0.29) is 11.3 Å². The molecule has 6 nitrogen and oxygen atoms in total. The van der Waals surface area contributed by atoms with E-state index in [9.17, 15) is 13.2 Å². The summed E-state index contributed by atoms with van der Waals surface area (Å²) in [6, 6.07) is 13.1. The Morgan fingerprint density at radius 3 is 2.50 bits per heavy atom. The summed E-state index contributed by atoms with van der Waals surface area (Å²) in [5.41, 5.74) is 9.41. The third kappa shape index (κ3) is 2.82. The number of nitrogens with zero attached hydrogens (tertiary/aromatic N) is 1. The molecule has 0 saturated carbocycles. The Morgan fingerprint density at radius 1 is 1.18 bits per heavy atom. The topological polar surface area (TPSA) is 96.3 Å². The van der Waals surface area contributed by atoms with Crippen molar-refractivity contribution < 1.29 is 13.2 Å². The number of aromatic nitrogens is 1. The van der Waals surface area contributed by atoms with E-state index in [4.69, 9.17) is 5.73 Å². The number of H-pyrrole nitrogens is 1. The maximum Gasteiger partial charge on any atom is 0.244 e. The van der Waals surface area contributed by atoms with E-state index in [2.05, 4.69) is 4.98 Å². The van der Waals surface area contributed by atoms with E-state index in [1.165, 1.54) is 4.31 Å². The Bertz CT molecular complexity index is 1150. The Hall–Kier alpha value is -2.64. The third-order valence-electron chi connectivity index (χ3n) is 5.50. The van der Waals surface area contributed by atoms with Gasteiger partial charge in [-0.05, 0) is 37.1 Å². The molecule has 0 spiro atoms. The Morgan fingerprint density at radius 2 is 1.86 bits per heavy atom. The van der Waals surface area contributed by atoms with Gasteiger partial charge in [-0.1, -0.05) is 42.8 Å². The van der Waals surface area contributed by atoms with Gasteiger partial charge >= 0.3 is 0 Å². The fraction of sp³-hybridized carbons (Fsp3) is 0.286. The van der Waals surface area contributed by atoms with Crippen molar-refractivity contribution in [3.05, 3.63) is 65.4 Å². The average molecular weight is 398 g/mol. The number of nitrogens with one attached hydrogen (secondary N) is 1. The number of amides is 1. The Kier molecular flexibility index (Phi) is 4.51. The maximum absolute atomic E-state index is 13.5. The number of rotatable bonds is 4. The number of fused-ring (bicyclic) bond motifs is 3. The molecule has 28 heavy (non-hydrogen) atoms. The molecule has 1 amide bonds. The highest BCUT2D eigenvalue weighted by molar-refractivity contribution is 7.89. The van der Waals surface area contributed by atoms with Gasteiger partial charge in [0.05, 0.1) is 10.9 Å². The van der Waals surface area contributed by atoms with E-state index in [1.54, 1.807) is 24.3 Å². The van der Waals surface area contributed by atoms with Crippen LogP contribution < -0.4 is 5.73 Å². The molecule has 1 aromatic heterocycles. The summed E-state index contributed by atoms with van der Waals surface area (Å²) in [4.78, 5) is 15.9. The number of para-hydroxylation sites is 1. The molecule has 3 aromatic rings. The summed E-state index contributed by atoms with van der Waals surface area (Å²) >= 11 is 0. The first-order valence-electron chi connectivity index (χ1n) is 9.33. The molecule has 0 fully saturated rings. The molecule has 1 unspecified atom stereocenters. The second-order valence-corrected chi connectivity index (χ2v) is 9.10. The first-order chi connectivity index (χ1) is 13.3. The van der Waals surface area contributed by atoms with Gasteiger partial charge in [0, 0.05) is 23.0 Å². The van der Waals surface area contributed by atoms with Crippen LogP contribution in [0.4, 0.5) is 0 Å². The number of nitrogens with two attached hydrogens (primary N) is 1. The molecule has 0 aliphatic carbocycles. The number of carbonyl (C=O) groups is 1. The molecule has 0 bridgehead atoms. The average Bonchev–Trinajstić information content (AvgIpc) is 3.05. The van der Waals surface area contributed by atoms with Gasteiger partial charge in [-0.25, -0.2) is 8.42 Å². The standard InChI is InChI=1S/C21H23N3O3S/c1-3-18-20-16(15-6-4-5-7-17(15)23-20)12-19(21(22)25)24(18)28(26,27)14-10-8-13(2)9-11-14/h4-11,18-19,23H,3,12H2,1-2H3,(H2,22,25)/t18?,19-/m1/s1. The normalized spacial score (nSPS) is 20.2. The lowest BCUT2D eigenvalue weighted by molar-refractivity contribution is -0.122. The van der Waals surface area contributed by atoms with Gasteiger partial charge in [-0.15, -0.1) is 0 Å². The van der Waals surface area contributed by atoms with Crippen LogP contribution in [0.1, 0.15) is 36.2 Å². The van der Waals surface area contributed by atoms with Crippen molar-refractivity contribution >= 4 is 26.8 Å². The summed E-state index contributed by atoms with van der Waals surface area (Å²) in [7, 11) is -3.90. The van der Waals surface area contributed by atoms with Crippen molar-refractivity contribution in [3.63, 3.8) is 0 Å². The van der Waals surface area contributed by atoms with Gasteiger partial charge in [0.15, 0.2) is 0 Å². The van der Waals surface area contributed by atoms with Crippen molar-refractivity contribution in [2.24, 2.45) is 5.73 Å². The van der Waals surface area contributed by atoms with E-state index in [0.29, 0.717) is 6.42 Å². The largest absolute Gasteiger partial charge is 0.368 e. The molecule has 2 atom stereocenters. The summed E-state index contributed by atoms with van der Waals surface area (Å²) in [5.74, 6) is -0.634. The van der Waals surface area contributed by atoms with E-state index in [0.717, 1.165) is 27.7 Å². The lowest BCUT2D eigenvalue weighted by Crippen LogP contribution is -2.53. The number of sulfonamides is 1. The number of aryl methyl sites for hydroxylation is 1. The van der Waals surface area contributed by atoms with Crippen LogP contribution in [0, 0.1) is 6.92 Å². The van der Waals surface area contributed by atoms with Gasteiger partial charge in [0.25, 0.3) is 0 Å². The van der Waals surface area contributed by atoms with Crippen molar-refractivity contribution in [3.8, 4) is 0 Å². The number of benzene rings is 2. The number of carbonyl (C=O) groups excluding carboxylic acids is 1. The smallest absolute Gasteiger partial charge is 0.244 e. The van der Waals surface area contributed by atoms with E-state index < -0.39 is 28.0 Å². The summed E-state index contributed by atoms with van der Waals surface area (Å²) < 4.78 is 28.3. The zero-order chi connectivity index (χ0) is 20.1. The van der Waals surface area contributed by atoms with Crippen LogP contribution in [0.15, 0.2) is 53.4 Å². The van der Waals surface area contributed by atoms with Crippen LogP contribution in [-0.2, 0) is 21.2 Å². The van der Waals surface area contributed by atoms with Crippen LogP contribution in [0.25, 0.3) is 10.9 Å². The molecule has 0 radical (unpaired) electrons. The fourth-order valence-corrected chi connectivity index (χ4v) is 5.96. The molecule has 1 aliphatic heterocycles. The number of primary amides is 1. The van der Waals surface area contributed by atoms with Gasteiger partial charge in [-0.3, -0.25) is 4.79 Å². The number of hydrogen-bond donors (Lipinski definition) is 2. The van der Waals surface area contributed by atoms with Crippen LogP contribution in [0.3, 0.4) is 0 Å². The highest BCUT2D eigenvalue weighted by atomic mass is 32.2. The monoisotopic (exact) mass is 397 g/mol. The molecule has 3 N–H and O–H groups in total. The van der Waals surface area contributed by atoms with Crippen molar-refractivity contribution in [2.45, 2.75) is 43.7 Å². The first kappa shape index (κ1) is 18.7. The minimum atomic E-state index is -3.90. The summed E-state index contributed by atoms with van der Waals surface area (Å²) in [6.45, 7) is 3.82. The third-order valence-corrected chi connectivity index (χ3v) is 7.44. The Balaban J connectivity index is 1.92. The summed E-state index contributed by atoms with van der Waals surface area (Å²) in [6.07, 6.45) is 0.783. The van der Waals surface area contributed by atoms with Crippen LogP contribution >= 0.6 is 0 Å². The van der Waals surface area contributed by atoms with Crippen LogP contribution in [0.2, 0.25) is 0 Å². The number of aromatic amines is 1. The maximum atomic E-state index is 13.5. The van der Waals surface area contributed by atoms with Crippen molar-refractivity contribution in [2.75, 3.05) is 0 Å². The fourth-order valence-electron chi connectivity index (χ4n) is 4.13. The van der Waals surface area contributed by atoms with Gasteiger partial charge < -0.3 is 10.7 Å². The van der Waals surface area contributed by atoms with Gasteiger partial charge in [0.1, 0.15) is 6.04 Å². The molecule has 2 heterocycles. The van der Waals surface area contributed by atoms with Gasteiger partial charge in [-0.2, -0.15) is 4.31 Å². The van der Waals surface area contributed by atoms with Crippen LogP contribution in [-0.4, -0.2) is 29.7 Å².